The average Bonchev–Trinajstić information content (AvgIpc) is 2.29. The topological polar surface area (TPSA) is 49.5 Å². The summed E-state index contributed by atoms with van der Waals surface area (Å²) in [7, 11) is 1.93. The number of benzene rings is 1. The Morgan fingerprint density at radius 1 is 1.32 bits per heavy atom. The SMILES string of the molecule is CCC(N)C(c1ccc(F)cc1)N(C)CC(C)(C)O. The summed E-state index contributed by atoms with van der Waals surface area (Å²) in [5.41, 5.74) is 6.37. The zero-order valence-electron chi connectivity index (χ0n) is 12.2. The molecule has 1 aromatic carbocycles. The third-order valence-corrected chi connectivity index (χ3v) is 3.20. The van der Waals surface area contributed by atoms with Gasteiger partial charge in [0.15, 0.2) is 0 Å². The van der Waals surface area contributed by atoms with Crippen molar-refractivity contribution in [3.63, 3.8) is 0 Å². The molecule has 0 aliphatic carbocycles. The predicted octanol–water partition coefficient (Wildman–Crippen LogP) is 2.31. The fourth-order valence-electron chi connectivity index (χ4n) is 2.42. The average molecular weight is 268 g/mol. The van der Waals surface area contributed by atoms with Gasteiger partial charge in [0.2, 0.25) is 0 Å². The van der Waals surface area contributed by atoms with Gasteiger partial charge in [0, 0.05) is 18.6 Å². The molecule has 0 heterocycles. The number of halogens is 1. The molecular weight excluding hydrogens is 243 g/mol. The Morgan fingerprint density at radius 3 is 2.26 bits per heavy atom. The number of rotatable bonds is 6. The number of likely N-dealkylation sites (N-methyl/N-ethyl adjacent to an activating group) is 1. The van der Waals surface area contributed by atoms with Crippen molar-refractivity contribution in [1.82, 2.24) is 4.90 Å². The summed E-state index contributed by atoms with van der Waals surface area (Å²) < 4.78 is 13.0. The molecule has 0 radical (unpaired) electrons. The van der Waals surface area contributed by atoms with Crippen molar-refractivity contribution in [3.05, 3.63) is 35.6 Å². The van der Waals surface area contributed by atoms with Gasteiger partial charge in [-0.15, -0.1) is 0 Å². The predicted molar refractivity (Wildman–Crippen MR) is 76.3 cm³/mol. The van der Waals surface area contributed by atoms with Crippen LogP contribution in [-0.2, 0) is 0 Å². The highest BCUT2D eigenvalue weighted by molar-refractivity contribution is 5.21. The highest BCUT2D eigenvalue weighted by atomic mass is 19.1. The summed E-state index contributed by atoms with van der Waals surface area (Å²) in [4.78, 5) is 2.03. The first-order valence-corrected chi connectivity index (χ1v) is 6.68. The van der Waals surface area contributed by atoms with Gasteiger partial charge in [-0.05, 0) is 45.0 Å². The van der Waals surface area contributed by atoms with Crippen LogP contribution >= 0.6 is 0 Å². The molecule has 108 valence electrons. The highest BCUT2D eigenvalue weighted by Crippen LogP contribution is 2.25. The molecule has 0 bridgehead atoms. The minimum absolute atomic E-state index is 0.0305. The zero-order valence-corrected chi connectivity index (χ0v) is 12.2. The van der Waals surface area contributed by atoms with E-state index in [1.807, 2.05) is 18.9 Å². The number of hydrogen-bond donors (Lipinski definition) is 2. The maximum Gasteiger partial charge on any atom is 0.123 e. The van der Waals surface area contributed by atoms with Gasteiger partial charge in [-0.1, -0.05) is 19.1 Å². The van der Waals surface area contributed by atoms with Gasteiger partial charge in [-0.25, -0.2) is 4.39 Å². The Balaban J connectivity index is 2.98. The van der Waals surface area contributed by atoms with Crippen molar-refractivity contribution < 1.29 is 9.50 Å². The van der Waals surface area contributed by atoms with Crippen molar-refractivity contribution in [3.8, 4) is 0 Å². The Hall–Kier alpha value is -0.970. The van der Waals surface area contributed by atoms with Crippen LogP contribution in [0.4, 0.5) is 4.39 Å². The van der Waals surface area contributed by atoms with E-state index in [2.05, 4.69) is 0 Å². The molecule has 3 nitrogen and oxygen atoms in total. The number of hydrogen-bond acceptors (Lipinski definition) is 3. The quantitative estimate of drug-likeness (QED) is 0.832. The lowest BCUT2D eigenvalue weighted by Gasteiger charge is -2.36. The second-order valence-electron chi connectivity index (χ2n) is 5.80. The molecule has 0 aliphatic rings. The van der Waals surface area contributed by atoms with Crippen LogP contribution in [0.1, 0.15) is 38.8 Å². The Morgan fingerprint density at radius 2 is 1.84 bits per heavy atom. The van der Waals surface area contributed by atoms with E-state index in [1.54, 1.807) is 26.0 Å². The summed E-state index contributed by atoms with van der Waals surface area (Å²) in [6.07, 6.45) is 0.818. The maximum absolute atomic E-state index is 13.0. The molecule has 0 spiro atoms. The lowest BCUT2D eigenvalue weighted by atomic mass is 9.95. The van der Waals surface area contributed by atoms with Crippen molar-refractivity contribution in [2.45, 2.75) is 44.9 Å². The summed E-state index contributed by atoms with van der Waals surface area (Å²) in [5, 5.41) is 9.94. The van der Waals surface area contributed by atoms with Crippen LogP contribution in [0.5, 0.6) is 0 Å². The summed E-state index contributed by atoms with van der Waals surface area (Å²) in [5.74, 6) is -0.252. The normalized spacial score (nSPS) is 15.6. The van der Waals surface area contributed by atoms with E-state index in [1.165, 1.54) is 12.1 Å². The number of nitrogens with zero attached hydrogens (tertiary/aromatic N) is 1. The zero-order chi connectivity index (χ0) is 14.6. The van der Waals surface area contributed by atoms with Crippen LogP contribution in [-0.4, -0.2) is 35.2 Å². The molecule has 1 rings (SSSR count). The van der Waals surface area contributed by atoms with Gasteiger partial charge in [0.25, 0.3) is 0 Å². The van der Waals surface area contributed by atoms with Crippen molar-refractivity contribution in [2.75, 3.05) is 13.6 Å². The van der Waals surface area contributed by atoms with Crippen LogP contribution in [0.25, 0.3) is 0 Å². The van der Waals surface area contributed by atoms with Gasteiger partial charge in [-0.2, -0.15) is 0 Å². The number of nitrogens with two attached hydrogens (primary N) is 1. The largest absolute Gasteiger partial charge is 0.389 e. The third-order valence-electron chi connectivity index (χ3n) is 3.20. The van der Waals surface area contributed by atoms with E-state index < -0.39 is 5.60 Å². The van der Waals surface area contributed by atoms with Crippen molar-refractivity contribution >= 4 is 0 Å². The molecule has 0 aliphatic heterocycles. The molecule has 0 saturated heterocycles. The van der Waals surface area contributed by atoms with Crippen LogP contribution in [0.2, 0.25) is 0 Å². The van der Waals surface area contributed by atoms with E-state index in [4.69, 9.17) is 5.73 Å². The van der Waals surface area contributed by atoms with Crippen LogP contribution in [0, 0.1) is 5.82 Å². The monoisotopic (exact) mass is 268 g/mol. The first kappa shape index (κ1) is 16.1. The van der Waals surface area contributed by atoms with E-state index in [-0.39, 0.29) is 17.9 Å². The first-order chi connectivity index (χ1) is 8.74. The van der Waals surface area contributed by atoms with Crippen molar-refractivity contribution in [1.29, 1.82) is 0 Å². The van der Waals surface area contributed by atoms with E-state index >= 15 is 0 Å². The maximum atomic E-state index is 13.0. The van der Waals surface area contributed by atoms with Gasteiger partial charge in [0.05, 0.1) is 5.60 Å². The van der Waals surface area contributed by atoms with Gasteiger partial charge in [-0.3, -0.25) is 4.90 Å². The first-order valence-electron chi connectivity index (χ1n) is 6.68. The Kier molecular flexibility index (Phi) is 5.47. The minimum atomic E-state index is -0.791. The molecule has 0 aromatic heterocycles. The Bertz CT molecular complexity index is 386. The second kappa shape index (κ2) is 6.46. The molecular formula is C15H25FN2O. The van der Waals surface area contributed by atoms with Crippen molar-refractivity contribution in [2.24, 2.45) is 5.73 Å². The van der Waals surface area contributed by atoms with Gasteiger partial charge >= 0.3 is 0 Å². The van der Waals surface area contributed by atoms with Crippen LogP contribution in [0.3, 0.4) is 0 Å². The van der Waals surface area contributed by atoms with E-state index in [9.17, 15) is 9.50 Å². The van der Waals surface area contributed by atoms with Crippen LogP contribution < -0.4 is 5.73 Å². The third kappa shape index (κ3) is 4.90. The molecule has 2 unspecified atom stereocenters. The molecule has 2 atom stereocenters. The molecule has 3 N–H and O–H groups in total. The fraction of sp³-hybridized carbons (Fsp3) is 0.600. The molecule has 4 heteroatoms. The fourth-order valence-corrected chi connectivity index (χ4v) is 2.42. The number of aliphatic hydroxyl groups is 1. The minimum Gasteiger partial charge on any atom is -0.389 e. The standard InChI is InChI=1S/C15H25FN2O/c1-5-13(17)14(18(4)10-15(2,3)19)11-6-8-12(16)9-7-11/h6-9,13-14,19H,5,10,17H2,1-4H3. The molecule has 0 fully saturated rings. The highest BCUT2D eigenvalue weighted by Gasteiger charge is 2.27. The molecule has 1 aromatic rings. The lowest BCUT2D eigenvalue weighted by Crippen LogP contribution is -2.44. The van der Waals surface area contributed by atoms with E-state index in [0.29, 0.717) is 6.54 Å². The van der Waals surface area contributed by atoms with E-state index in [0.717, 1.165) is 12.0 Å². The Labute approximate surface area is 115 Å². The summed E-state index contributed by atoms with van der Waals surface area (Å²) in [6, 6.07) is 6.33. The lowest BCUT2D eigenvalue weighted by molar-refractivity contribution is 0.0266. The smallest absolute Gasteiger partial charge is 0.123 e. The molecule has 0 amide bonds. The molecule has 19 heavy (non-hydrogen) atoms. The van der Waals surface area contributed by atoms with Gasteiger partial charge < -0.3 is 10.8 Å². The van der Waals surface area contributed by atoms with Crippen LogP contribution in [0.15, 0.2) is 24.3 Å². The summed E-state index contributed by atoms with van der Waals surface area (Å²) >= 11 is 0. The summed E-state index contributed by atoms with van der Waals surface area (Å²) in [6.45, 7) is 6.06. The second-order valence-corrected chi connectivity index (χ2v) is 5.80. The molecule has 0 saturated carbocycles. The van der Waals surface area contributed by atoms with Gasteiger partial charge in [0.1, 0.15) is 5.82 Å².